The summed E-state index contributed by atoms with van der Waals surface area (Å²) in [4.78, 5) is 51.1. The Balaban J connectivity index is 0.000000136. The van der Waals surface area contributed by atoms with Crippen LogP contribution in [0.5, 0.6) is 23.3 Å². The van der Waals surface area contributed by atoms with Gasteiger partial charge in [0.1, 0.15) is 0 Å². The monoisotopic (exact) mass is 1270 g/mol. The Bertz CT molecular complexity index is 4250. The minimum absolute atomic E-state index is 0.0836. The van der Waals surface area contributed by atoms with Gasteiger partial charge in [0, 0.05) is 75.8 Å². The van der Waals surface area contributed by atoms with E-state index >= 15 is 0 Å². The van der Waals surface area contributed by atoms with E-state index < -0.39 is 0 Å². The first-order valence-electron chi connectivity index (χ1n) is 32.1. The number of likely N-dealkylation sites (N-methyl/N-ethyl adjacent to an activating group) is 4. The number of piperidine rings is 1. The predicted octanol–water partition coefficient (Wildman–Crippen LogP) is 8.27. The van der Waals surface area contributed by atoms with E-state index in [2.05, 4.69) is 146 Å². The SMILES string of the molecule is Cc1cc(-c2cnc(N)c(-n3cc(C(=O)N(C)C4CCOC4)cn3)n2)cc2c1CCN(C)C2.Cc1cc(-c2cnc(N)c(Oc3cnn(C4CCN(C)CC4)c3)n2)cc2c1CCN(C)C2.Cc1cc(-c2cnc(N)c(Oc3cnn(CCC#N)c3)n2)cc2c1CN(C)CC2. The van der Waals surface area contributed by atoms with E-state index in [4.69, 9.17) is 46.6 Å². The van der Waals surface area contributed by atoms with E-state index in [-0.39, 0.29) is 35.3 Å². The number of aromatic nitrogens is 12. The fourth-order valence-corrected chi connectivity index (χ4v) is 12.9. The van der Waals surface area contributed by atoms with E-state index in [1.807, 2.05) is 10.9 Å². The van der Waals surface area contributed by atoms with Crippen molar-refractivity contribution in [2.24, 2.45) is 0 Å². The summed E-state index contributed by atoms with van der Waals surface area (Å²) in [5, 5.41) is 21.7. The molecule has 488 valence electrons. The molecule has 0 saturated carbocycles. The van der Waals surface area contributed by atoms with Crippen molar-refractivity contribution in [3.8, 4) is 68.9 Å². The second-order valence-corrected chi connectivity index (χ2v) is 25.5. The lowest BCUT2D eigenvalue weighted by atomic mass is 9.92. The summed E-state index contributed by atoms with van der Waals surface area (Å²) in [7, 11) is 10.4. The number of nitriles is 1. The number of ether oxygens (including phenoxy) is 3. The highest BCUT2D eigenvalue weighted by atomic mass is 16.5. The van der Waals surface area contributed by atoms with Crippen LogP contribution in [0.1, 0.15) is 92.2 Å². The van der Waals surface area contributed by atoms with Crippen molar-refractivity contribution in [2.45, 2.75) is 104 Å². The van der Waals surface area contributed by atoms with Gasteiger partial charge < -0.3 is 55.9 Å². The first-order chi connectivity index (χ1) is 45.4. The molecule has 25 nitrogen and oxygen atoms in total. The van der Waals surface area contributed by atoms with Gasteiger partial charge in [-0.15, -0.1) is 0 Å². The Morgan fingerprint density at radius 1 is 0.606 bits per heavy atom. The normalized spacial score (nSPS) is 16.8. The molecule has 5 aliphatic rings. The molecule has 1 amide bonds. The summed E-state index contributed by atoms with van der Waals surface area (Å²) >= 11 is 0. The summed E-state index contributed by atoms with van der Waals surface area (Å²) in [6, 6.07) is 15.7. The number of nitrogen functional groups attached to an aromatic ring is 3. The third kappa shape index (κ3) is 14.7. The van der Waals surface area contributed by atoms with Crippen molar-refractivity contribution in [2.75, 3.05) is 98.4 Å². The highest BCUT2D eigenvalue weighted by molar-refractivity contribution is 5.94. The zero-order valence-electron chi connectivity index (χ0n) is 55.0. The van der Waals surface area contributed by atoms with Gasteiger partial charge in [0.25, 0.3) is 17.7 Å². The van der Waals surface area contributed by atoms with Crippen molar-refractivity contribution >= 4 is 23.4 Å². The number of hydrogen-bond donors (Lipinski definition) is 3. The molecule has 25 heteroatoms. The minimum Gasteiger partial charge on any atom is -0.433 e. The van der Waals surface area contributed by atoms with Gasteiger partial charge in [0.15, 0.2) is 34.8 Å². The van der Waals surface area contributed by atoms with Crippen LogP contribution in [0.3, 0.4) is 0 Å². The quantitative estimate of drug-likeness (QED) is 0.0978. The van der Waals surface area contributed by atoms with Crippen molar-refractivity contribution < 1.29 is 19.0 Å². The maximum atomic E-state index is 12.9. The van der Waals surface area contributed by atoms with Crippen LogP contribution in [-0.4, -0.2) is 177 Å². The molecule has 14 rings (SSSR count). The van der Waals surface area contributed by atoms with E-state index in [1.54, 1.807) is 66.2 Å². The topological polar surface area (TPSA) is 294 Å². The van der Waals surface area contributed by atoms with Gasteiger partial charge in [0.05, 0.1) is 110 Å². The summed E-state index contributed by atoms with van der Waals surface area (Å²) in [5.74, 6) is 2.75. The second kappa shape index (κ2) is 28.3. The zero-order valence-corrected chi connectivity index (χ0v) is 55.0. The molecule has 94 heavy (non-hydrogen) atoms. The van der Waals surface area contributed by atoms with E-state index in [0.717, 1.165) is 125 Å². The highest BCUT2D eigenvalue weighted by Crippen LogP contribution is 2.35. The lowest BCUT2D eigenvalue weighted by molar-refractivity contribution is 0.0711. The minimum atomic E-state index is -0.103. The van der Waals surface area contributed by atoms with Crippen molar-refractivity contribution in [1.82, 2.24) is 83.7 Å². The molecule has 1 unspecified atom stereocenters. The van der Waals surface area contributed by atoms with Gasteiger partial charge in [-0.2, -0.15) is 20.6 Å². The molecule has 2 fully saturated rings. The summed E-state index contributed by atoms with van der Waals surface area (Å²) in [6.07, 6.45) is 21.8. The fraction of sp³-hybridized carbons (Fsp3) is 0.406. The van der Waals surface area contributed by atoms with E-state index in [1.165, 1.54) is 54.8 Å². The Hall–Kier alpha value is -9.71. The molecular formula is C69H83N21O4. The molecule has 0 radical (unpaired) electrons. The first kappa shape index (κ1) is 64.4. The molecule has 9 aromatic rings. The number of likely N-dealkylation sites (tertiary alicyclic amines) is 1. The average Bonchev–Trinajstić information content (AvgIpc) is 1.13. The summed E-state index contributed by atoms with van der Waals surface area (Å²) in [6.45, 7) is 16.4. The first-order valence-corrected chi connectivity index (χ1v) is 32.1. The van der Waals surface area contributed by atoms with Crippen molar-refractivity contribution in [3.63, 3.8) is 0 Å². The smallest absolute Gasteiger partial charge is 0.263 e. The van der Waals surface area contributed by atoms with Crippen LogP contribution >= 0.6 is 0 Å². The Morgan fingerprint density at radius 3 is 1.74 bits per heavy atom. The molecule has 1 atom stereocenters. The molecule has 0 aliphatic carbocycles. The standard InChI is InChI=1S/C24H29N7O2.C24H31N7O.C21H23N7O/c1-15-8-16(9-17-12-29(2)6-4-20(15)17)21-11-26-22(25)23(28-21)31-13-18(10-27-31)24(32)30(3)19-5-7-33-14-19;1-16-10-17(11-18-14-30(3)9-6-21(16)18)22-13-26-23(25)24(28-22)32-20-12-27-31(15-20)19-4-7-29(2)8-5-19;1-14-8-16(9-15-4-7-27(2)13-18(14)15)19-11-24-20(23)21(26-19)29-17-10-25-28(12-17)6-3-5-22/h8-11,13,19H,4-7,12,14H2,1-3H3,(H2,25,26);10-13,15,19H,4-9,14H2,1-3H3,(H2,25,26);8-12H,3-4,6-7,13H2,1-2H3,(H2,23,24). The van der Waals surface area contributed by atoms with Crippen LogP contribution in [0.2, 0.25) is 0 Å². The van der Waals surface area contributed by atoms with Crippen molar-refractivity contribution in [3.05, 3.63) is 148 Å². The third-order valence-corrected chi connectivity index (χ3v) is 18.4. The van der Waals surface area contributed by atoms with Gasteiger partial charge in [0.2, 0.25) is 0 Å². The molecule has 0 bridgehead atoms. The lowest BCUT2D eigenvalue weighted by Crippen LogP contribution is -2.37. The van der Waals surface area contributed by atoms with Gasteiger partial charge >= 0.3 is 0 Å². The fourth-order valence-electron chi connectivity index (χ4n) is 12.9. The average molecular weight is 1270 g/mol. The Morgan fingerprint density at radius 2 is 1.15 bits per heavy atom. The molecule has 11 heterocycles. The molecule has 0 spiro atoms. The van der Waals surface area contributed by atoms with E-state index in [9.17, 15) is 4.79 Å². The predicted molar refractivity (Wildman–Crippen MR) is 359 cm³/mol. The third-order valence-electron chi connectivity index (χ3n) is 18.4. The number of amides is 1. The Labute approximate surface area is 548 Å². The number of benzene rings is 3. The van der Waals surface area contributed by atoms with Crippen LogP contribution in [-0.2, 0) is 50.2 Å². The second-order valence-electron chi connectivity index (χ2n) is 25.5. The van der Waals surface area contributed by atoms with Gasteiger partial charge in [-0.1, -0.05) is 0 Å². The highest BCUT2D eigenvalue weighted by Gasteiger charge is 2.28. The van der Waals surface area contributed by atoms with Gasteiger partial charge in [-0.05, 0) is 187 Å². The number of carbonyl (C=O) groups is 1. The molecule has 5 aliphatic heterocycles. The Kier molecular flexibility index (Phi) is 19.4. The number of fused-ring (bicyclic) bond motifs is 3. The number of nitrogens with two attached hydrogens (primary N) is 3. The van der Waals surface area contributed by atoms with Crippen molar-refractivity contribution in [1.29, 1.82) is 5.26 Å². The number of aryl methyl sites for hydroxylation is 4. The molecule has 3 aromatic carbocycles. The number of anilines is 3. The molecule has 6 N–H and O–H groups in total. The van der Waals surface area contributed by atoms with Gasteiger partial charge in [-0.3, -0.25) is 14.2 Å². The van der Waals surface area contributed by atoms with Crippen LogP contribution in [0.15, 0.2) is 92.2 Å². The maximum absolute atomic E-state index is 12.9. The zero-order chi connectivity index (χ0) is 65.7. The van der Waals surface area contributed by atoms with E-state index in [0.29, 0.717) is 61.0 Å². The van der Waals surface area contributed by atoms with Gasteiger partial charge in [-0.25, -0.2) is 34.6 Å². The largest absolute Gasteiger partial charge is 0.433 e. The number of carbonyl (C=O) groups excluding carboxylic acids is 1. The summed E-state index contributed by atoms with van der Waals surface area (Å²) in [5.41, 5.74) is 36.1. The number of hydrogen-bond acceptors (Lipinski definition) is 21. The number of nitrogens with zero attached hydrogens (tertiary/aromatic N) is 18. The lowest BCUT2D eigenvalue weighted by Gasteiger charge is -2.28. The van der Waals surface area contributed by atoms with Crippen LogP contribution < -0.4 is 26.7 Å². The molecule has 6 aromatic heterocycles. The molecule has 2 saturated heterocycles. The van der Waals surface area contributed by atoms with Crippen LogP contribution in [0, 0.1) is 32.1 Å². The maximum Gasteiger partial charge on any atom is 0.263 e. The molecular weight excluding hydrogens is 1190 g/mol. The van der Waals surface area contributed by atoms with Crippen LogP contribution in [0.4, 0.5) is 17.5 Å². The number of rotatable bonds is 13. The van der Waals surface area contributed by atoms with Crippen LogP contribution in [0.25, 0.3) is 39.6 Å². The summed E-state index contributed by atoms with van der Waals surface area (Å²) < 4.78 is 22.4.